The second-order valence-corrected chi connectivity index (χ2v) is 7.40. The molecule has 0 aliphatic heterocycles. The van der Waals surface area contributed by atoms with E-state index in [0.717, 1.165) is 29.0 Å². The molecule has 0 aliphatic carbocycles. The summed E-state index contributed by atoms with van der Waals surface area (Å²) in [4.78, 5) is 33.5. The van der Waals surface area contributed by atoms with Crippen molar-refractivity contribution in [1.82, 2.24) is 5.43 Å². The van der Waals surface area contributed by atoms with Crippen LogP contribution in [-0.4, -0.2) is 29.1 Å². The standard InChI is InChI=1S/C25H18N4O7/c1-35-23-11-9-16(13-24(23)36-22-12-10-18(28(31)32)14-21(22)29(33)34)15-26-27-25(30)20-8-4-6-17-5-2-3-7-19(17)20/h2-15H,1H3,(H,27,30)/b26-15-. The van der Waals surface area contributed by atoms with Crippen LogP contribution in [0.3, 0.4) is 0 Å². The number of rotatable bonds is 8. The Hall–Kier alpha value is -5.32. The van der Waals surface area contributed by atoms with Gasteiger partial charge in [0.15, 0.2) is 11.5 Å². The molecule has 0 heterocycles. The van der Waals surface area contributed by atoms with Gasteiger partial charge in [-0.2, -0.15) is 5.10 Å². The molecule has 1 N–H and O–H groups in total. The second-order valence-electron chi connectivity index (χ2n) is 7.40. The third-order valence-electron chi connectivity index (χ3n) is 5.17. The highest BCUT2D eigenvalue weighted by molar-refractivity contribution is 6.07. The van der Waals surface area contributed by atoms with Crippen molar-refractivity contribution in [3.8, 4) is 17.2 Å². The molecule has 4 rings (SSSR count). The van der Waals surface area contributed by atoms with Gasteiger partial charge in [0.1, 0.15) is 0 Å². The number of carbonyl (C=O) groups excluding carboxylic acids is 1. The Bertz CT molecular complexity index is 1510. The largest absolute Gasteiger partial charge is 0.493 e. The maximum absolute atomic E-state index is 12.7. The molecule has 11 heteroatoms. The van der Waals surface area contributed by atoms with Crippen LogP contribution < -0.4 is 14.9 Å². The van der Waals surface area contributed by atoms with Crippen LogP contribution in [0.5, 0.6) is 17.2 Å². The second kappa shape index (κ2) is 10.3. The van der Waals surface area contributed by atoms with Gasteiger partial charge < -0.3 is 9.47 Å². The molecule has 0 aromatic heterocycles. The molecule has 0 bridgehead atoms. The first-order valence-electron chi connectivity index (χ1n) is 10.5. The molecule has 0 saturated heterocycles. The van der Waals surface area contributed by atoms with Gasteiger partial charge in [-0.1, -0.05) is 36.4 Å². The summed E-state index contributed by atoms with van der Waals surface area (Å²) in [7, 11) is 1.39. The van der Waals surface area contributed by atoms with Gasteiger partial charge in [0.25, 0.3) is 11.6 Å². The normalized spacial score (nSPS) is 10.8. The zero-order chi connectivity index (χ0) is 25.7. The van der Waals surface area contributed by atoms with Crippen molar-refractivity contribution >= 4 is 34.3 Å². The van der Waals surface area contributed by atoms with Crippen LogP contribution in [0.2, 0.25) is 0 Å². The van der Waals surface area contributed by atoms with Crippen molar-refractivity contribution in [3.05, 3.63) is 110 Å². The highest BCUT2D eigenvalue weighted by Crippen LogP contribution is 2.38. The molecule has 0 spiro atoms. The third kappa shape index (κ3) is 5.09. The fraction of sp³-hybridized carbons (Fsp3) is 0.0400. The van der Waals surface area contributed by atoms with Crippen LogP contribution in [-0.2, 0) is 0 Å². The van der Waals surface area contributed by atoms with E-state index in [0.29, 0.717) is 11.1 Å². The number of nitro benzene ring substituents is 2. The summed E-state index contributed by atoms with van der Waals surface area (Å²) in [5.74, 6) is -0.227. The van der Waals surface area contributed by atoms with E-state index in [1.807, 2.05) is 30.3 Å². The Morgan fingerprint density at radius 3 is 2.39 bits per heavy atom. The predicted octanol–water partition coefficient (Wildman–Crippen LogP) is 5.22. The Labute approximate surface area is 203 Å². The average molecular weight is 486 g/mol. The van der Waals surface area contributed by atoms with E-state index < -0.39 is 27.1 Å². The first-order valence-corrected chi connectivity index (χ1v) is 10.5. The van der Waals surface area contributed by atoms with Gasteiger partial charge in [0, 0.05) is 11.6 Å². The minimum Gasteiger partial charge on any atom is -0.493 e. The summed E-state index contributed by atoms with van der Waals surface area (Å²) in [6, 6.07) is 20.6. The molecular weight excluding hydrogens is 468 g/mol. The number of carbonyl (C=O) groups is 1. The smallest absolute Gasteiger partial charge is 0.318 e. The first kappa shape index (κ1) is 23.8. The van der Waals surface area contributed by atoms with Gasteiger partial charge in [-0.25, -0.2) is 5.43 Å². The fourth-order valence-electron chi connectivity index (χ4n) is 3.47. The van der Waals surface area contributed by atoms with E-state index in [4.69, 9.17) is 9.47 Å². The number of hydrazone groups is 1. The molecule has 0 saturated carbocycles. The quantitative estimate of drug-likeness (QED) is 0.204. The molecule has 11 nitrogen and oxygen atoms in total. The van der Waals surface area contributed by atoms with Crippen molar-refractivity contribution in [2.24, 2.45) is 5.10 Å². The molecule has 0 aliphatic rings. The zero-order valence-corrected chi connectivity index (χ0v) is 18.8. The number of amides is 1. The zero-order valence-electron chi connectivity index (χ0n) is 18.8. The Balaban J connectivity index is 1.56. The average Bonchev–Trinajstić information content (AvgIpc) is 2.88. The van der Waals surface area contributed by atoms with E-state index in [-0.39, 0.29) is 17.2 Å². The molecule has 0 atom stereocenters. The van der Waals surface area contributed by atoms with E-state index in [9.17, 15) is 25.0 Å². The maximum atomic E-state index is 12.7. The third-order valence-corrected chi connectivity index (χ3v) is 5.17. The molecule has 180 valence electrons. The molecule has 36 heavy (non-hydrogen) atoms. The lowest BCUT2D eigenvalue weighted by Gasteiger charge is -2.11. The minimum absolute atomic E-state index is 0.110. The van der Waals surface area contributed by atoms with E-state index >= 15 is 0 Å². The topological polar surface area (TPSA) is 146 Å². The SMILES string of the molecule is COc1ccc(/C=N\NC(=O)c2cccc3ccccc23)cc1Oc1ccc([N+](=O)[O-])cc1[N+](=O)[O-]. The summed E-state index contributed by atoms with van der Waals surface area (Å²) in [6.45, 7) is 0. The number of nitrogens with zero attached hydrogens (tertiary/aromatic N) is 3. The lowest BCUT2D eigenvalue weighted by molar-refractivity contribution is -0.394. The molecule has 4 aromatic carbocycles. The molecule has 4 aromatic rings. The molecule has 0 fully saturated rings. The van der Waals surface area contributed by atoms with Crippen LogP contribution in [0.4, 0.5) is 11.4 Å². The Morgan fingerprint density at radius 2 is 1.64 bits per heavy atom. The molecule has 0 unspecified atom stereocenters. The predicted molar refractivity (Wildman–Crippen MR) is 132 cm³/mol. The number of non-ortho nitro benzene ring substituents is 1. The van der Waals surface area contributed by atoms with Crippen molar-refractivity contribution in [3.63, 3.8) is 0 Å². The van der Waals surface area contributed by atoms with Gasteiger partial charge >= 0.3 is 5.69 Å². The number of ether oxygens (including phenoxy) is 2. The monoisotopic (exact) mass is 486 g/mol. The van der Waals surface area contributed by atoms with Crippen molar-refractivity contribution < 1.29 is 24.1 Å². The van der Waals surface area contributed by atoms with Crippen molar-refractivity contribution in [2.75, 3.05) is 7.11 Å². The number of nitrogens with one attached hydrogen (secondary N) is 1. The van der Waals surface area contributed by atoms with Gasteiger partial charge in [-0.3, -0.25) is 25.0 Å². The highest BCUT2D eigenvalue weighted by Gasteiger charge is 2.22. The minimum atomic E-state index is -0.775. The highest BCUT2D eigenvalue weighted by atomic mass is 16.6. The summed E-state index contributed by atoms with van der Waals surface area (Å²) in [6.07, 6.45) is 1.37. The summed E-state index contributed by atoms with van der Waals surface area (Å²) >= 11 is 0. The summed E-state index contributed by atoms with van der Waals surface area (Å²) in [5, 5.41) is 28.1. The van der Waals surface area contributed by atoms with Crippen LogP contribution in [0.25, 0.3) is 10.8 Å². The van der Waals surface area contributed by atoms with Gasteiger partial charge in [0.05, 0.1) is 29.2 Å². The molecule has 0 radical (unpaired) electrons. The Kier molecular flexibility index (Phi) is 6.82. The van der Waals surface area contributed by atoms with Gasteiger partial charge in [-0.05, 0) is 46.7 Å². The van der Waals surface area contributed by atoms with Crippen LogP contribution in [0, 0.1) is 20.2 Å². The number of nitro groups is 2. The number of benzene rings is 4. The van der Waals surface area contributed by atoms with Gasteiger partial charge in [0.2, 0.25) is 5.75 Å². The van der Waals surface area contributed by atoms with Gasteiger partial charge in [-0.15, -0.1) is 0 Å². The number of methoxy groups -OCH3 is 1. The Morgan fingerprint density at radius 1 is 0.889 bits per heavy atom. The van der Waals surface area contributed by atoms with Crippen LogP contribution in [0.15, 0.2) is 84.0 Å². The lowest BCUT2D eigenvalue weighted by atomic mass is 10.0. The summed E-state index contributed by atoms with van der Waals surface area (Å²) in [5.41, 5.74) is 2.43. The van der Waals surface area contributed by atoms with Crippen molar-refractivity contribution in [1.29, 1.82) is 0 Å². The number of hydrogen-bond donors (Lipinski definition) is 1. The van der Waals surface area contributed by atoms with Crippen molar-refractivity contribution in [2.45, 2.75) is 0 Å². The number of hydrogen-bond acceptors (Lipinski definition) is 8. The maximum Gasteiger partial charge on any atom is 0.318 e. The van der Waals surface area contributed by atoms with E-state index in [1.165, 1.54) is 19.4 Å². The number of fused-ring (bicyclic) bond motifs is 1. The first-order chi connectivity index (χ1) is 17.4. The van der Waals surface area contributed by atoms with Crippen LogP contribution >= 0.6 is 0 Å². The molecule has 1 amide bonds. The summed E-state index contributed by atoms with van der Waals surface area (Å²) < 4.78 is 10.9. The fourth-order valence-corrected chi connectivity index (χ4v) is 3.47. The van der Waals surface area contributed by atoms with Crippen LogP contribution in [0.1, 0.15) is 15.9 Å². The van der Waals surface area contributed by atoms with E-state index in [1.54, 1.807) is 24.3 Å². The lowest BCUT2D eigenvalue weighted by Crippen LogP contribution is -2.17. The van der Waals surface area contributed by atoms with E-state index in [2.05, 4.69) is 10.5 Å². The molecular formula is C25H18N4O7.